The monoisotopic (exact) mass is 178 g/mol. The molecule has 2 radical (unpaired) electrons. The predicted molar refractivity (Wildman–Crippen MR) is 45.3 cm³/mol. The van der Waals surface area contributed by atoms with Crippen molar-refractivity contribution >= 4 is 19.9 Å². The quantitative estimate of drug-likeness (QED) is 0.535. The van der Waals surface area contributed by atoms with E-state index in [1.54, 1.807) is 0 Å². The molecule has 0 spiro atoms. The van der Waals surface area contributed by atoms with Crippen LogP contribution in [0.2, 0.25) is 0 Å². The molecule has 7 heteroatoms. The average Bonchev–Trinajstić information content (AvgIpc) is 2.51. The second kappa shape index (κ2) is 3.75. The van der Waals surface area contributed by atoms with Crippen molar-refractivity contribution in [1.82, 2.24) is 20.1 Å². The zero-order chi connectivity index (χ0) is 9.84. The van der Waals surface area contributed by atoms with Crippen LogP contribution in [0.4, 0.5) is 4.79 Å². The van der Waals surface area contributed by atoms with Crippen LogP contribution in [0.3, 0.4) is 0 Å². The molecule has 0 saturated carbocycles. The van der Waals surface area contributed by atoms with Crippen LogP contribution in [0, 0.1) is 0 Å². The summed E-state index contributed by atoms with van der Waals surface area (Å²) in [5.74, 6) is -0.594. The van der Waals surface area contributed by atoms with Crippen LogP contribution in [0.25, 0.3) is 0 Å². The Bertz CT molecular complexity index is 335. The highest BCUT2D eigenvalue weighted by Gasteiger charge is 2.10. The summed E-state index contributed by atoms with van der Waals surface area (Å²) in [6.45, 7) is 0. The average molecular weight is 178 g/mol. The fraction of sp³-hybridized carbons (Fsp3) is 0.167. The van der Waals surface area contributed by atoms with E-state index in [9.17, 15) is 9.59 Å². The number of imidazole rings is 1. The van der Waals surface area contributed by atoms with Crippen molar-refractivity contribution in [2.75, 3.05) is 7.05 Å². The molecule has 0 unspecified atom stereocenters. The fourth-order valence-corrected chi connectivity index (χ4v) is 0.684. The van der Waals surface area contributed by atoms with Crippen molar-refractivity contribution in [3.05, 3.63) is 18.2 Å². The van der Waals surface area contributed by atoms with Gasteiger partial charge >= 0.3 is 6.03 Å². The lowest BCUT2D eigenvalue weighted by molar-refractivity contribution is 0.0960. The summed E-state index contributed by atoms with van der Waals surface area (Å²) in [7, 11) is 6.66. The first-order valence-corrected chi connectivity index (χ1v) is 3.45. The van der Waals surface area contributed by atoms with E-state index in [0.717, 1.165) is 4.48 Å². The third-order valence-corrected chi connectivity index (χ3v) is 1.29. The molecule has 2 N–H and O–H groups in total. The summed E-state index contributed by atoms with van der Waals surface area (Å²) >= 11 is 0. The van der Waals surface area contributed by atoms with Crippen LogP contribution < -0.4 is 10.6 Å². The summed E-state index contributed by atoms with van der Waals surface area (Å²) < 4.78 is 1.12. The second-order valence-corrected chi connectivity index (χ2v) is 2.24. The van der Waals surface area contributed by atoms with E-state index in [4.69, 9.17) is 7.98 Å². The summed E-state index contributed by atoms with van der Waals surface area (Å²) in [6.07, 6.45) is 2.57. The molecule has 0 bridgehead atoms. The van der Waals surface area contributed by atoms with Crippen molar-refractivity contribution in [1.29, 1.82) is 0 Å². The third-order valence-electron chi connectivity index (χ3n) is 1.29. The molecule has 0 aliphatic rings. The molecule has 0 atom stereocenters. The first-order valence-electron chi connectivity index (χ1n) is 3.45. The molecule has 6 nitrogen and oxygen atoms in total. The number of amides is 3. The highest BCUT2D eigenvalue weighted by molar-refractivity contribution is 6.08. The number of hydrogen-bond acceptors (Lipinski definition) is 3. The molecule has 66 valence electrons. The van der Waals surface area contributed by atoms with Gasteiger partial charge in [-0.3, -0.25) is 10.1 Å². The molecule has 0 aliphatic heterocycles. The van der Waals surface area contributed by atoms with Gasteiger partial charge in [0.2, 0.25) is 7.98 Å². The number of nitrogens with zero attached hydrogens (tertiary/aromatic N) is 2. The third kappa shape index (κ3) is 2.33. The van der Waals surface area contributed by atoms with E-state index in [0.29, 0.717) is 0 Å². The summed E-state index contributed by atoms with van der Waals surface area (Å²) in [5.41, 5.74) is 0.0890. The molecule has 1 aromatic rings. The number of urea groups is 1. The first kappa shape index (κ1) is 9.30. The van der Waals surface area contributed by atoms with Crippen molar-refractivity contribution < 1.29 is 9.59 Å². The van der Waals surface area contributed by atoms with Crippen molar-refractivity contribution in [2.45, 2.75) is 0 Å². The molecule has 1 heterocycles. The van der Waals surface area contributed by atoms with Gasteiger partial charge in [0.1, 0.15) is 5.69 Å². The number of hydrogen-bond donors (Lipinski definition) is 2. The Kier molecular flexibility index (Phi) is 2.68. The van der Waals surface area contributed by atoms with E-state index in [1.807, 2.05) is 5.32 Å². The lowest BCUT2D eigenvalue weighted by atomic mass is 10.4. The van der Waals surface area contributed by atoms with Crippen LogP contribution in [-0.4, -0.2) is 36.4 Å². The van der Waals surface area contributed by atoms with Crippen molar-refractivity contribution in [3.63, 3.8) is 0 Å². The van der Waals surface area contributed by atoms with Gasteiger partial charge in [0.05, 0.1) is 6.33 Å². The van der Waals surface area contributed by atoms with Gasteiger partial charge in [-0.1, -0.05) is 0 Å². The lowest BCUT2D eigenvalue weighted by Crippen LogP contribution is -2.37. The van der Waals surface area contributed by atoms with Crippen molar-refractivity contribution in [3.8, 4) is 0 Å². The van der Waals surface area contributed by atoms with Crippen LogP contribution >= 0.6 is 0 Å². The van der Waals surface area contributed by atoms with E-state index in [1.165, 1.54) is 19.6 Å². The minimum atomic E-state index is -0.594. The highest BCUT2D eigenvalue weighted by atomic mass is 16.2. The topological polar surface area (TPSA) is 76.0 Å². The SMILES string of the molecule is [B]n1cnc(C(=O)NC(=O)NC)c1. The van der Waals surface area contributed by atoms with Gasteiger partial charge < -0.3 is 9.79 Å². The van der Waals surface area contributed by atoms with Gasteiger partial charge in [-0.2, -0.15) is 0 Å². The molecule has 1 aromatic heterocycles. The Balaban J connectivity index is 2.64. The van der Waals surface area contributed by atoms with Gasteiger partial charge in [0.15, 0.2) is 0 Å². The highest BCUT2D eigenvalue weighted by Crippen LogP contribution is 1.92. The molecular weight excluding hydrogens is 171 g/mol. The number of carbonyl (C=O) groups excluding carboxylic acids is 2. The smallest absolute Gasteiger partial charge is 0.321 e. The van der Waals surface area contributed by atoms with Crippen LogP contribution in [0.15, 0.2) is 12.5 Å². The van der Waals surface area contributed by atoms with E-state index >= 15 is 0 Å². The van der Waals surface area contributed by atoms with Crippen molar-refractivity contribution in [2.24, 2.45) is 0 Å². The normalized spacial score (nSPS) is 9.31. The molecule has 13 heavy (non-hydrogen) atoms. The largest absolute Gasteiger partial charge is 0.393 e. The number of imide groups is 1. The lowest BCUT2D eigenvalue weighted by Gasteiger charge is -1.98. The second-order valence-electron chi connectivity index (χ2n) is 2.24. The van der Waals surface area contributed by atoms with Crippen LogP contribution in [0.5, 0.6) is 0 Å². The molecule has 1 rings (SSSR count). The number of nitrogens with one attached hydrogen (secondary N) is 2. The molecule has 0 aromatic carbocycles. The molecular formula is C6H7BN4O2. The van der Waals surface area contributed by atoms with E-state index in [2.05, 4.69) is 10.3 Å². The van der Waals surface area contributed by atoms with Gasteiger partial charge in [0, 0.05) is 13.2 Å². The van der Waals surface area contributed by atoms with Gasteiger partial charge in [-0.05, 0) is 0 Å². The summed E-state index contributed by atoms with van der Waals surface area (Å²) in [5, 5.41) is 4.27. The van der Waals surface area contributed by atoms with Gasteiger partial charge in [-0.15, -0.1) is 0 Å². The Morgan fingerprint density at radius 2 is 2.31 bits per heavy atom. The standard InChI is InChI=1S/C6H7BN4O2/c1-8-6(13)10-5(12)4-2-11(7)3-9-4/h2-3H,1H3,(H2,8,10,12,13). The molecule has 0 fully saturated rings. The Hall–Kier alpha value is -1.79. The van der Waals surface area contributed by atoms with Gasteiger partial charge in [0.25, 0.3) is 5.91 Å². The summed E-state index contributed by atoms with van der Waals surface area (Å²) in [4.78, 5) is 25.5. The predicted octanol–water partition coefficient (Wildman–Crippen LogP) is -1.12. The number of aromatic nitrogens is 2. The Morgan fingerprint density at radius 3 is 2.77 bits per heavy atom. The maximum atomic E-state index is 11.1. The van der Waals surface area contributed by atoms with E-state index < -0.39 is 11.9 Å². The van der Waals surface area contributed by atoms with Crippen LogP contribution in [0.1, 0.15) is 10.5 Å². The Labute approximate surface area is 75.8 Å². The fourth-order valence-electron chi connectivity index (χ4n) is 0.684. The Morgan fingerprint density at radius 1 is 1.62 bits per heavy atom. The number of rotatable bonds is 1. The maximum Gasteiger partial charge on any atom is 0.321 e. The first-order chi connectivity index (χ1) is 6.13. The number of carbonyl (C=O) groups is 2. The van der Waals surface area contributed by atoms with Gasteiger partial charge in [-0.25, -0.2) is 9.78 Å². The van der Waals surface area contributed by atoms with Crippen LogP contribution in [-0.2, 0) is 0 Å². The zero-order valence-corrected chi connectivity index (χ0v) is 6.94. The molecule has 3 amide bonds. The minimum absolute atomic E-state index is 0.0890. The maximum absolute atomic E-state index is 11.1. The summed E-state index contributed by atoms with van der Waals surface area (Å²) in [6, 6.07) is -0.587. The molecule has 0 saturated heterocycles. The molecule has 0 aliphatic carbocycles. The van der Waals surface area contributed by atoms with E-state index in [-0.39, 0.29) is 5.69 Å². The minimum Gasteiger partial charge on any atom is -0.393 e. The zero-order valence-electron chi connectivity index (χ0n) is 6.94.